The highest BCUT2D eigenvalue weighted by Gasteiger charge is 2.42. The predicted octanol–water partition coefficient (Wildman–Crippen LogP) is 7.29. The van der Waals surface area contributed by atoms with Crippen LogP contribution in [0.1, 0.15) is 71.4 Å². The average molecular weight is 569 g/mol. The van der Waals surface area contributed by atoms with E-state index in [2.05, 4.69) is 21.9 Å². The maximum absolute atomic E-state index is 15.9. The summed E-state index contributed by atoms with van der Waals surface area (Å²) in [5.41, 5.74) is 3.87. The van der Waals surface area contributed by atoms with Gasteiger partial charge in [0.05, 0.1) is 12.1 Å². The minimum atomic E-state index is -1.66. The molecule has 2 aliphatic carbocycles. The molecule has 6 heteroatoms. The smallest absolute Gasteiger partial charge is 0.161 e. The lowest BCUT2D eigenvalue weighted by Gasteiger charge is -2.40. The standard InChI is InChI=1S/C36H38F2N2O2/c37-34-29-10-3-4-11-30(29)36(31-13-6-12-28(25-15-16-25)33(31)35(34)38)40-21-19-39(20-22-40)18-17-26(41)23-42-32-14-5-8-24-7-1-2-9-27(24)32/h1-14,25-26,34-36,41H,15-23H2/t26-,34?,35?,36?/m0/s1. The Morgan fingerprint density at radius 3 is 2.21 bits per heavy atom. The van der Waals surface area contributed by atoms with E-state index in [1.165, 1.54) is 0 Å². The lowest BCUT2D eigenvalue weighted by Crippen LogP contribution is -2.48. The number of aliphatic hydroxyl groups excluding tert-OH is 1. The summed E-state index contributed by atoms with van der Waals surface area (Å²) in [5.74, 6) is 1.14. The number of benzene rings is 4. The van der Waals surface area contributed by atoms with Gasteiger partial charge in [0.2, 0.25) is 0 Å². The van der Waals surface area contributed by atoms with Gasteiger partial charge in [-0.05, 0) is 64.5 Å². The van der Waals surface area contributed by atoms with Crippen molar-refractivity contribution in [2.24, 2.45) is 0 Å². The molecule has 3 aliphatic rings. The van der Waals surface area contributed by atoms with E-state index < -0.39 is 18.4 Å². The highest BCUT2D eigenvalue weighted by Crippen LogP contribution is 2.53. The van der Waals surface area contributed by atoms with Gasteiger partial charge in [0, 0.05) is 38.1 Å². The summed E-state index contributed by atoms with van der Waals surface area (Å²) in [6.45, 7) is 4.29. The van der Waals surface area contributed by atoms with Gasteiger partial charge < -0.3 is 14.7 Å². The van der Waals surface area contributed by atoms with Crippen LogP contribution >= 0.6 is 0 Å². The van der Waals surface area contributed by atoms with E-state index in [0.29, 0.717) is 23.5 Å². The van der Waals surface area contributed by atoms with Gasteiger partial charge in [-0.1, -0.05) is 78.9 Å². The summed E-state index contributed by atoms with van der Waals surface area (Å²) in [5, 5.41) is 12.9. The van der Waals surface area contributed by atoms with Crippen molar-refractivity contribution >= 4 is 10.8 Å². The number of piperazine rings is 1. The SMILES string of the molecule is O[C@@H](CCN1CCN(C2c3ccccc3C(F)C(F)c3c(C4CC4)cccc32)CC1)COc1cccc2ccccc12. The molecule has 4 atom stereocenters. The Labute approximate surface area is 246 Å². The summed E-state index contributed by atoms with van der Waals surface area (Å²) in [6, 6.07) is 27.5. The Bertz CT molecular complexity index is 1540. The van der Waals surface area contributed by atoms with Crippen molar-refractivity contribution < 1.29 is 18.6 Å². The van der Waals surface area contributed by atoms with Gasteiger partial charge in [0.1, 0.15) is 12.4 Å². The van der Waals surface area contributed by atoms with E-state index in [1.54, 1.807) is 6.07 Å². The molecule has 0 spiro atoms. The topological polar surface area (TPSA) is 35.9 Å². The molecule has 1 saturated heterocycles. The first-order valence-electron chi connectivity index (χ1n) is 15.3. The average Bonchev–Trinajstić information content (AvgIpc) is 3.89. The molecule has 1 saturated carbocycles. The summed E-state index contributed by atoms with van der Waals surface area (Å²) >= 11 is 0. The number of rotatable bonds is 8. The zero-order chi connectivity index (χ0) is 28.6. The number of aliphatic hydroxyl groups is 1. The molecule has 2 fully saturated rings. The molecule has 1 aliphatic heterocycles. The first-order valence-corrected chi connectivity index (χ1v) is 15.3. The van der Waals surface area contributed by atoms with Crippen molar-refractivity contribution in [1.29, 1.82) is 0 Å². The zero-order valence-corrected chi connectivity index (χ0v) is 23.8. The van der Waals surface area contributed by atoms with Crippen molar-refractivity contribution in [3.05, 3.63) is 113 Å². The molecular weight excluding hydrogens is 530 g/mol. The van der Waals surface area contributed by atoms with Gasteiger partial charge in [-0.3, -0.25) is 4.90 Å². The Hall–Kier alpha value is -3.32. The third-order valence-corrected chi connectivity index (χ3v) is 9.34. The number of nitrogens with zero attached hydrogens (tertiary/aromatic N) is 2. The van der Waals surface area contributed by atoms with Gasteiger partial charge in [0.25, 0.3) is 0 Å². The molecule has 4 aromatic rings. The summed E-state index contributed by atoms with van der Waals surface area (Å²) < 4.78 is 37.7. The number of halogens is 2. The Morgan fingerprint density at radius 2 is 1.40 bits per heavy atom. The van der Waals surface area contributed by atoms with Crippen LogP contribution in [0, 0.1) is 0 Å². The Morgan fingerprint density at radius 1 is 0.738 bits per heavy atom. The zero-order valence-electron chi connectivity index (χ0n) is 23.8. The maximum atomic E-state index is 15.9. The number of hydrogen-bond acceptors (Lipinski definition) is 4. The highest BCUT2D eigenvalue weighted by molar-refractivity contribution is 5.88. The first-order chi connectivity index (χ1) is 20.6. The fourth-order valence-corrected chi connectivity index (χ4v) is 6.95. The molecule has 0 radical (unpaired) electrons. The van der Waals surface area contributed by atoms with Gasteiger partial charge >= 0.3 is 0 Å². The minimum Gasteiger partial charge on any atom is -0.490 e. The fourth-order valence-electron chi connectivity index (χ4n) is 6.95. The highest BCUT2D eigenvalue weighted by atomic mass is 19.2. The van der Waals surface area contributed by atoms with Crippen LogP contribution in [0.2, 0.25) is 0 Å². The monoisotopic (exact) mass is 568 g/mol. The largest absolute Gasteiger partial charge is 0.490 e. The lowest BCUT2D eigenvalue weighted by molar-refractivity contribution is 0.0680. The van der Waals surface area contributed by atoms with E-state index in [-0.39, 0.29) is 12.6 Å². The van der Waals surface area contributed by atoms with Crippen LogP contribution in [0.4, 0.5) is 8.78 Å². The molecule has 1 heterocycles. The van der Waals surface area contributed by atoms with E-state index in [9.17, 15) is 5.11 Å². The number of fused-ring (bicyclic) bond motifs is 3. The fraction of sp³-hybridized carbons (Fsp3) is 0.389. The van der Waals surface area contributed by atoms with Crippen LogP contribution in [0.3, 0.4) is 0 Å². The molecule has 7 rings (SSSR count). The molecule has 1 N–H and O–H groups in total. The molecule has 4 aromatic carbocycles. The van der Waals surface area contributed by atoms with Crippen LogP contribution in [0.25, 0.3) is 10.8 Å². The first kappa shape index (κ1) is 27.5. The van der Waals surface area contributed by atoms with E-state index in [4.69, 9.17) is 4.74 Å². The van der Waals surface area contributed by atoms with Crippen molar-refractivity contribution in [2.75, 3.05) is 39.3 Å². The summed E-state index contributed by atoms with van der Waals surface area (Å²) in [7, 11) is 0. The number of hydrogen-bond donors (Lipinski definition) is 1. The summed E-state index contributed by atoms with van der Waals surface area (Å²) in [6.07, 6.45) is -1.15. The third-order valence-electron chi connectivity index (χ3n) is 9.34. The molecule has 3 unspecified atom stereocenters. The van der Waals surface area contributed by atoms with E-state index >= 15 is 8.78 Å². The molecule has 0 bridgehead atoms. The van der Waals surface area contributed by atoms with Crippen LogP contribution in [-0.4, -0.2) is 60.3 Å². The second-order valence-corrected chi connectivity index (χ2v) is 12.1. The summed E-state index contributed by atoms with van der Waals surface area (Å²) in [4.78, 5) is 4.77. The third kappa shape index (κ3) is 5.32. The Balaban J connectivity index is 1.02. The molecular formula is C36H38F2N2O2. The number of ether oxygens (including phenoxy) is 1. The van der Waals surface area contributed by atoms with Gasteiger partial charge in [0.15, 0.2) is 12.3 Å². The molecule has 4 nitrogen and oxygen atoms in total. The molecule has 0 amide bonds. The van der Waals surface area contributed by atoms with Crippen LogP contribution in [-0.2, 0) is 0 Å². The molecule has 0 aromatic heterocycles. The van der Waals surface area contributed by atoms with E-state index in [0.717, 1.165) is 78.8 Å². The quantitative estimate of drug-likeness (QED) is 0.242. The van der Waals surface area contributed by atoms with Gasteiger partial charge in [-0.25, -0.2) is 8.78 Å². The molecule has 42 heavy (non-hydrogen) atoms. The van der Waals surface area contributed by atoms with Crippen LogP contribution in [0.5, 0.6) is 5.75 Å². The van der Waals surface area contributed by atoms with Crippen LogP contribution in [0.15, 0.2) is 84.9 Å². The second kappa shape index (κ2) is 11.8. The van der Waals surface area contributed by atoms with Crippen molar-refractivity contribution in [3.63, 3.8) is 0 Å². The molecule has 218 valence electrons. The predicted molar refractivity (Wildman–Crippen MR) is 162 cm³/mol. The van der Waals surface area contributed by atoms with Crippen molar-refractivity contribution in [1.82, 2.24) is 9.80 Å². The van der Waals surface area contributed by atoms with E-state index in [1.807, 2.05) is 66.7 Å². The Kier molecular flexibility index (Phi) is 7.70. The maximum Gasteiger partial charge on any atom is 0.161 e. The number of alkyl halides is 2. The van der Waals surface area contributed by atoms with Gasteiger partial charge in [-0.2, -0.15) is 0 Å². The van der Waals surface area contributed by atoms with Crippen molar-refractivity contribution in [3.8, 4) is 5.75 Å². The van der Waals surface area contributed by atoms with Crippen molar-refractivity contribution in [2.45, 2.75) is 49.7 Å². The van der Waals surface area contributed by atoms with Gasteiger partial charge in [-0.15, -0.1) is 0 Å². The van der Waals surface area contributed by atoms with Crippen LogP contribution < -0.4 is 4.74 Å². The lowest BCUT2D eigenvalue weighted by atomic mass is 9.89. The normalized spacial score (nSPS) is 23.6. The second-order valence-electron chi connectivity index (χ2n) is 12.1. The minimum absolute atomic E-state index is 0.171.